The first-order valence-corrected chi connectivity index (χ1v) is 11.0. The first kappa shape index (κ1) is 20.3. The smallest absolute Gasteiger partial charge is 0.189 e. The van der Waals surface area contributed by atoms with Crippen LogP contribution in [0.2, 0.25) is 0 Å². The van der Waals surface area contributed by atoms with Gasteiger partial charge in [0.2, 0.25) is 0 Å². The van der Waals surface area contributed by atoms with Gasteiger partial charge in [-0.2, -0.15) is 0 Å². The molecule has 0 unspecified atom stereocenters. The van der Waals surface area contributed by atoms with Crippen molar-refractivity contribution in [3.05, 3.63) is 82.6 Å². The van der Waals surface area contributed by atoms with Crippen molar-refractivity contribution in [3.8, 4) is 11.5 Å². The number of hydrogen-bond donors (Lipinski definition) is 0. The van der Waals surface area contributed by atoms with Gasteiger partial charge in [-0.25, -0.2) is 4.98 Å². The predicted molar refractivity (Wildman–Crippen MR) is 126 cm³/mol. The highest BCUT2D eigenvalue weighted by Gasteiger charge is 2.25. The summed E-state index contributed by atoms with van der Waals surface area (Å²) in [4.78, 5) is 19.9. The summed E-state index contributed by atoms with van der Waals surface area (Å²) in [5.74, 6) is 2.69. The Balaban J connectivity index is 1.38. The number of hydrogen-bond acceptors (Lipinski definition) is 5. The Morgan fingerprint density at radius 1 is 1.03 bits per heavy atom. The van der Waals surface area contributed by atoms with Crippen LogP contribution < -0.4 is 14.4 Å². The number of Topliss-reactive ketones (excluding diaryl/α,β-unsaturated/α-hetero) is 1. The molecule has 5 rings (SSSR count). The summed E-state index contributed by atoms with van der Waals surface area (Å²) in [5, 5.41) is 0. The van der Waals surface area contributed by atoms with E-state index in [-0.39, 0.29) is 5.78 Å². The van der Waals surface area contributed by atoms with E-state index in [2.05, 4.69) is 22.0 Å². The fourth-order valence-corrected chi connectivity index (χ4v) is 4.64. The van der Waals surface area contributed by atoms with Crippen molar-refractivity contribution in [1.82, 2.24) is 4.98 Å². The zero-order valence-corrected chi connectivity index (χ0v) is 18.4. The number of rotatable bonds is 6. The Morgan fingerprint density at radius 3 is 2.78 bits per heavy atom. The second-order valence-electron chi connectivity index (χ2n) is 8.19. The highest BCUT2D eigenvalue weighted by Crippen LogP contribution is 2.36. The van der Waals surface area contributed by atoms with E-state index in [0.29, 0.717) is 6.42 Å². The Bertz CT molecular complexity index is 1220. The third-order valence-corrected chi connectivity index (χ3v) is 6.32. The van der Waals surface area contributed by atoms with Gasteiger partial charge in [-0.3, -0.25) is 4.79 Å². The fourth-order valence-electron chi connectivity index (χ4n) is 4.64. The van der Waals surface area contributed by atoms with Crippen LogP contribution in [0, 0.1) is 0 Å². The molecule has 2 aromatic carbocycles. The lowest BCUT2D eigenvalue weighted by atomic mass is 10.0. The maximum absolute atomic E-state index is 13.0. The second kappa shape index (κ2) is 8.50. The van der Waals surface area contributed by atoms with Crippen molar-refractivity contribution in [3.63, 3.8) is 0 Å². The minimum atomic E-state index is 0.121. The van der Waals surface area contributed by atoms with Crippen molar-refractivity contribution in [2.75, 3.05) is 25.7 Å². The lowest BCUT2D eigenvalue weighted by Crippen LogP contribution is -2.25. The first-order valence-electron chi connectivity index (χ1n) is 11.0. The third-order valence-electron chi connectivity index (χ3n) is 6.32. The number of aromatic nitrogens is 1. The zero-order chi connectivity index (χ0) is 22.1. The molecule has 1 aliphatic carbocycles. The summed E-state index contributed by atoms with van der Waals surface area (Å²) >= 11 is 0. The number of ether oxygens (including phenoxy) is 2. The van der Waals surface area contributed by atoms with E-state index < -0.39 is 0 Å². The molecule has 5 nitrogen and oxygen atoms in total. The van der Waals surface area contributed by atoms with Crippen molar-refractivity contribution >= 4 is 23.4 Å². The number of fused-ring (bicyclic) bond motifs is 2. The summed E-state index contributed by atoms with van der Waals surface area (Å²) in [6, 6.07) is 16.1. The Morgan fingerprint density at radius 2 is 1.94 bits per heavy atom. The van der Waals surface area contributed by atoms with Gasteiger partial charge in [0.05, 0.1) is 14.2 Å². The van der Waals surface area contributed by atoms with Crippen molar-refractivity contribution in [2.24, 2.45) is 0 Å². The average molecular weight is 427 g/mol. The van der Waals surface area contributed by atoms with Gasteiger partial charge in [0, 0.05) is 35.6 Å². The van der Waals surface area contributed by atoms with E-state index in [0.717, 1.165) is 71.1 Å². The molecular formula is C27H26N2O3. The lowest BCUT2D eigenvalue weighted by molar-refractivity contribution is 0.103. The number of methoxy groups -OCH3 is 2. The molecule has 0 bridgehead atoms. The summed E-state index contributed by atoms with van der Waals surface area (Å²) < 4.78 is 10.8. The van der Waals surface area contributed by atoms with Gasteiger partial charge in [-0.15, -0.1) is 0 Å². The monoisotopic (exact) mass is 426 g/mol. The number of allylic oxidation sites excluding steroid dienone is 1. The molecule has 0 spiro atoms. The Hall–Kier alpha value is -3.60. The number of nitrogens with zero attached hydrogens (tertiary/aromatic N) is 2. The largest absolute Gasteiger partial charge is 0.497 e. The predicted octanol–water partition coefficient (Wildman–Crippen LogP) is 5.40. The van der Waals surface area contributed by atoms with Crippen LogP contribution in [0.25, 0.3) is 6.08 Å². The van der Waals surface area contributed by atoms with Crippen LogP contribution in [0.3, 0.4) is 0 Å². The van der Waals surface area contributed by atoms with Gasteiger partial charge in [-0.1, -0.05) is 12.1 Å². The molecule has 2 aliphatic rings. The van der Waals surface area contributed by atoms with Gasteiger partial charge >= 0.3 is 0 Å². The minimum absolute atomic E-state index is 0.121. The molecule has 0 N–H and O–H groups in total. The van der Waals surface area contributed by atoms with Crippen molar-refractivity contribution in [1.29, 1.82) is 0 Å². The number of aryl methyl sites for hydroxylation is 2. The lowest BCUT2D eigenvalue weighted by Gasteiger charge is -2.30. The second-order valence-corrected chi connectivity index (χ2v) is 8.19. The van der Waals surface area contributed by atoms with Crippen LogP contribution in [-0.4, -0.2) is 31.5 Å². The van der Waals surface area contributed by atoms with Crippen LogP contribution in [-0.2, 0) is 12.8 Å². The number of ketones is 1. The van der Waals surface area contributed by atoms with Crippen LogP contribution in [0.4, 0.5) is 11.5 Å². The highest BCUT2D eigenvalue weighted by atomic mass is 16.5. The summed E-state index contributed by atoms with van der Waals surface area (Å²) in [7, 11) is 3.30. The van der Waals surface area contributed by atoms with Gasteiger partial charge in [0.25, 0.3) is 0 Å². The maximum Gasteiger partial charge on any atom is 0.189 e. The number of benzene rings is 2. The van der Waals surface area contributed by atoms with E-state index >= 15 is 0 Å². The molecule has 0 saturated heterocycles. The van der Waals surface area contributed by atoms with E-state index in [1.165, 1.54) is 5.56 Å². The van der Waals surface area contributed by atoms with Crippen LogP contribution in [0.1, 0.15) is 39.9 Å². The first-order chi connectivity index (χ1) is 15.7. The Labute approximate surface area is 188 Å². The number of pyridine rings is 1. The maximum atomic E-state index is 13.0. The normalized spacial score (nSPS) is 14.6. The molecule has 0 atom stereocenters. The molecule has 2 heterocycles. The Kier molecular flexibility index (Phi) is 5.39. The van der Waals surface area contributed by atoms with E-state index in [1.54, 1.807) is 14.2 Å². The van der Waals surface area contributed by atoms with Crippen LogP contribution in [0.5, 0.6) is 11.5 Å². The molecule has 162 valence electrons. The molecule has 5 heteroatoms. The SMILES string of the molecule is COc1ccc(CCC2=Cc3cc(N4CCCc5cccnc54)ccc3C2=O)c(OC)c1. The van der Waals surface area contributed by atoms with Crippen molar-refractivity contribution in [2.45, 2.75) is 25.7 Å². The molecule has 1 aromatic heterocycles. The molecule has 0 saturated carbocycles. The molecule has 0 radical (unpaired) electrons. The number of carbonyl (C=O) groups excluding carboxylic acids is 1. The van der Waals surface area contributed by atoms with Gasteiger partial charge in [0.15, 0.2) is 5.78 Å². The van der Waals surface area contributed by atoms with Gasteiger partial charge in [0.1, 0.15) is 17.3 Å². The molecule has 0 amide bonds. The molecular weight excluding hydrogens is 400 g/mol. The average Bonchev–Trinajstić information content (AvgIpc) is 3.16. The van der Waals surface area contributed by atoms with Gasteiger partial charge in [-0.05, 0) is 78.8 Å². The summed E-state index contributed by atoms with van der Waals surface area (Å²) in [6.45, 7) is 0.935. The topological polar surface area (TPSA) is 51.7 Å². The summed E-state index contributed by atoms with van der Waals surface area (Å²) in [6.07, 6.45) is 7.44. The summed E-state index contributed by atoms with van der Waals surface area (Å²) in [5.41, 5.74) is 6.04. The van der Waals surface area contributed by atoms with E-state index in [9.17, 15) is 4.79 Å². The van der Waals surface area contributed by atoms with Crippen molar-refractivity contribution < 1.29 is 14.3 Å². The minimum Gasteiger partial charge on any atom is -0.497 e. The molecule has 32 heavy (non-hydrogen) atoms. The standard InChI is InChI=1S/C27H26N2O3/c1-31-23-11-9-18(25(17-23)32-2)7-8-20-15-21-16-22(10-12-24(21)26(20)30)29-14-4-6-19-5-3-13-28-27(19)29/h3,5,9-13,15-17H,4,6-8,14H2,1-2H3. The van der Waals surface area contributed by atoms with Gasteiger partial charge < -0.3 is 14.4 Å². The molecule has 0 fully saturated rings. The quantitative estimate of drug-likeness (QED) is 0.529. The number of carbonyl (C=O) groups is 1. The van der Waals surface area contributed by atoms with E-state index in [4.69, 9.17) is 9.47 Å². The number of anilines is 2. The van der Waals surface area contributed by atoms with Crippen LogP contribution in [0.15, 0.2) is 60.3 Å². The third kappa shape index (κ3) is 3.64. The zero-order valence-electron chi connectivity index (χ0n) is 18.4. The molecule has 1 aliphatic heterocycles. The molecule has 3 aromatic rings. The highest BCUT2D eigenvalue weighted by molar-refractivity contribution is 6.18. The van der Waals surface area contributed by atoms with E-state index in [1.807, 2.05) is 48.7 Å². The fraction of sp³-hybridized carbons (Fsp3) is 0.259. The van der Waals surface area contributed by atoms with Crippen LogP contribution >= 0.6 is 0 Å².